The van der Waals surface area contributed by atoms with Gasteiger partial charge in [0.2, 0.25) is 5.91 Å². The third-order valence-electron chi connectivity index (χ3n) is 7.19. The Morgan fingerprint density at radius 2 is 1.70 bits per heavy atom. The minimum atomic E-state index is -3.11. The van der Waals surface area contributed by atoms with Gasteiger partial charge in [0, 0.05) is 29.7 Å². The number of halogens is 1. The van der Waals surface area contributed by atoms with Crippen LogP contribution in [0.1, 0.15) is 74.0 Å². The molecule has 40 heavy (non-hydrogen) atoms. The van der Waals surface area contributed by atoms with E-state index in [4.69, 9.17) is 4.98 Å². The summed E-state index contributed by atoms with van der Waals surface area (Å²) in [4.78, 5) is 34.7. The van der Waals surface area contributed by atoms with Gasteiger partial charge in [-0.2, -0.15) is 0 Å². The Morgan fingerprint density at radius 1 is 1.02 bits per heavy atom. The number of sulfone groups is 1. The Labute approximate surface area is 234 Å². The third kappa shape index (κ3) is 7.10. The quantitative estimate of drug-likeness (QED) is 0.402. The van der Waals surface area contributed by atoms with Crippen LogP contribution in [0.5, 0.6) is 0 Å². The molecule has 2 aromatic carbocycles. The predicted octanol–water partition coefficient (Wildman–Crippen LogP) is 5.27. The molecular formula is C30H35FN4O4S. The maximum absolute atomic E-state index is 15.3. The van der Waals surface area contributed by atoms with E-state index in [0.29, 0.717) is 36.9 Å². The number of benzene rings is 2. The molecule has 0 saturated heterocycles. The SMILES string of the molecule is CC(C)(C)C(=O)Nc1ncc([C@H]2CC[C@@H](S(C)(=O)=O)CC2)nc1-c1ccc(C(=O)NCc2ccccc2)c(F)c1. The summed E-state index contributed by atoms with van der Waals surface area (Å²) < 4.78 is 39.2. The fraction of sp³-hybridized carbons (Fsp3) is 0.400. The van der Waals surface area contributed by atoms with Crippen LogP contribution in [0.15, 0.2) is 54.7 Å². The summed E-state index contributed by atoms with van der Waals surface area (Å²) in [6, 6.07) is 13.5. The lowest BCUT2D eigenvalue weighted by Crippen LogP contribution is -2.29. The molecule has 1 aliphatic rings. The standard InChI is InChI=1S/C30H35FN4O4S/c1-30(2,3)29(37)35-27-26(34-25(18-32-27)20-10-13-22(14-11-20)40(4,38)39)21-12-15-23(24(31)16-21)28(36)33-17-19-8-6-5-7-9-19/h5-9,12,15-16,18,20,22H,10-11,13-14,17H2,1-4H3,(H,33,36)(H,32,35,37)/t20-,22+. The highest BCUT2D eigenvalue weighted by Crippen LogP contribution is 2.36. The minimum Gasteiger partial charge on any atom is -0.348 e. The summed E-state index contributed by atoms with van der Waals surface area (Å²) in [5, 5.41) is 5.17. The number of aromatic nitrogens is 2. The van der Waals surface area contributed by atoms with Crippen molar-refractivity contribution >= 4 is 27.5 Å². The first-order valence-corrected chi connectivity index (χ1v) is 15.3. The zero-order valence-electron chi connectivity index (χ0n) is 23.2. The molecule has 0 spiro atoms. The zero-order chi connectivity index (χ0) is 29.1. The van der Waals surface area contributed by atoms with Gasteiger partial charge in [-0.05, 0) is 43.4 Å². The number of carbonyl (C=O) groups excluding carboxylic acids is 2. The van der Waals surface area contributed by atoms with Gasteiger partial charge in [-0.25, -0.2) is 22.8 Å². The Morgan fingerprint density at radius 3 is 2.30 bits per heavy atom. The summed E-state index contributed by atoms with van der Waals surface area (Å²) in [6.07, 6.45) is 5.19. The van der Waals surface area contributed by atoms with Crippen molar-refractivity contribution in [3.8, 4) is 11.3 Å². The average molecular weight is 567 g/mol. The highest BCUT2D eigenvalue weighted by molar-refractivity contribution is 7.91. The first-order chi connectivity index (χ1) is 18.8. The number of nitrogens with one attached hydrogen (secondary N) is 2. The van der Waals surface area contributed by atoms with Crippen molar-refractivity contribution in [1.82, 2.24) is 15.3 Å². The molecule has 0 unspecified atom stereocenters. The summed E-state index contributed by atoms with van der Waals surface area (Å²) in [5.41, 5.74) is 1.39. The van der Waals surface area contributed by atoms with Crippen LogP contribution in [0, 0.1) is 11.2 Å². The molecule has 1 saturated carbocycles. The van der Waals surface area contributed by atoms with Crippen LogP contribution in [-0.4, -0.2) is 41.7 Å². The molecule has 0 atom stereocenters. The fourth-order valence-electron chi connectivity index (χ4n) is 4.69. The molecule has 1 fully saturated rings. The molecule has 2 amide bonds. The van der Waals surface area contributed by atoms with Crippen molar-refractivity contribution < 1.29 is 22.4 Å². The predicted molar refractivity (Wildman–Crippen MR) is 153 cm³/mol. The number of rotatable bonds is 7. The second-order valence-corrected chi connectivity index (χ2v) is 13.7. The van der Waals surface area contributed by atoms with Gasteiger partial charge in [-0.15, -0.1) is 0 Å². The molecule has 0 radical (unpaired) electrons. The average Bonchev–Trinajstić information content (AvgIpc) is 2.91. The maximum atomic E-state index is 15.3. The van der Waals surface area contributed by atoms with Gasteiger partial charge in [0.05, 0.1) is 22.7 Å². The Bertz CT molecular complexity index is 1500. The largest absolute Gasteiger partial charge is 0.348 e. The lowest BCUT2D eigenvalue weighted by Gasteiger charge is -2.27. The van der Waals surface area contributed by atoms with Crippen LogP contribution < -0.4 is 10.6 Å². The number of hydrogen-bond acceptors (Lipinski definition) is 6. The van der Waals surface area contributed by atoms with Crippen LogP contribution in [-0.2, 0) is 21.2 Å². The van der Waals surface area contributed by atoms with E-state index in [1.165, 1.54) is 18.4 Å². The minimum absolute atomic E-state index is 0.00972. The lowest BCUT2D eigenvalue weighted by molar-refractivity contribution is -0.123. The molecule has 1 aromatic heterocycles. The van der Waals surface area contributed by atoms with Gasteiger partial charge in [0.1, 0.15) is 21.3 Å². The van der Waals surface area contributed by atoms with Gasteiger partial charge >= 0.3 is 0 Å². The monoisotopic (exact) mass is 566 g/mol. The zero-order valence-corrected chi connectivity index (χ0v) is 24.0. The summed E-state index contributed by atoms with van der Waals surface area (Å²) in [7, 11) is -3.11. The van der Waals surface area contributed by atoms with Gasteiger partial charge in [-0.1, -0.05) is 57.2 Å². The molecule has 212 valence electrons. The number of hydrogen-bond donors (Lipinski definition) is 2. The van der Waals surface area contributed by atoms with E-state index in [1.54, 1.807) is 33.0 Å². The van der Waals surface area contributed by atoms with Crippen molar-refractivity contribution in [3.63, 3.8) is 0 Å². The highest BCUT2D eigenvalue weighted by Gasteiger charge is 2.30. The number of amides is 2. The van der Waals surface area contributed by atoms with E-state index < -0.39 is 27.0 Å². The smallest absolute Gasteiger partial charge is 0.254 e. The van der Waals surface area contributed by atoms with E-state index in [0.717, 1.165) is 5.56 Å². The van der Waals surface area contributed by atoms with E-state index in [-0.39, 0.29) is 40.7 Å². The number of anilines is 1. The number of nitrogens with zero attached hydrogens (tertiary/aromatic N) is 2. The molecule has 4 rings (SSSR count). The van der Waals surface area contributed by atoms with Gasteiger partial charge in [-0.3, -0.25) is 9.59 Å². The first kappa shape index (κ1) is 29.3. The molecule has 0 bridgehead atoms. The Hall–Kier alpha value is -3.66. The van der Waals surface area contributed by atoms with E-state index >= 15 is 4.39 Å². The van der Waals surface area contributed by atoms with Crippen LogP contribution >= 0.6 is 0 Å². The van der Waals surface area contributed by atoms with Crippen molar-refractivity contribution in [3.05, 3.63) is 77.4 Å². The van der Waals surface area contributed by atoms with Crippen LogP contribution in [0.25, 0.3) is 11.3 Å². The van der Waals surface area contributed by atoms with Gasteiger partial charge in [0.25, 0.3) is 5.91 Å². The Kier molecular flexibility index (Phi) is 8.68. The van der Waals surface area contributed by atoms with E-state index in [9.17, 15) is 18.0 Å². The second kappa shape index (κ2) is 11.8. The molecular weight excluding hydrogens is 531 g/mol. The Balaban J connectivity index is 1.62. The second-order valence-electron chi connectivity index (χ2n) is 11.4. The fourth-order valence-corrected chi connectivity index (χ4v) is 5.82. The molecule has 1 heterocycles. The molecule has 2 N–H and O–H groups in total. The van der Waals surface area contributed by atoms with E-state index in [1.807, 2.05) is 30.3 Å². The van der Waals surface area contributed by atoms with E-state index in [2.05, 4.69) is 15.6 Å². The van der Waals surface area contributed by atoms with Crippen molar-refractivity contribution in [2.75, 3.05) is 11.6 Å². The summed E-state index contributed by atoms with van der Waals surface area (Å²) in [6.45, 7) is 5.57. The summed E-state index contributed by atoms with van der Waals surface area (Å²) >= 11 is 0. The highest BCUT2D eigenvalue weighted by atomic mass is 32.2. The molecule has 0 aliphatic heterocycles. The molecule has 10 heteroatoms. The van der Waals surface area contributed by atoms with Crippen LogP contribution in [0.4, 0.5) is 10.2 Å². The van der Waals surface area contributed by atoms with Crippen molar-refractivity contribution in [2.24, 2.45) is 5.41 Å². The summed E-state index contributed by atoms with van der Waals surface area (Å²) in [5.74, 6) is -1.37. The van der Waals surface area contributed by atoms with Gasteiger partial charge < -0.3 is 10.6 Å². The first-order valence-electron chi connectivity index (χ1n) is 13.3. The maximum Gasteiger partial charge on any atom is 0.254 e. The van der Waals surface area contributed by atoms with Crippen LogP contribution in [0.2, 0.25) is 0 Å². The van der Waals surface area contributed by atoms with Crippen molar-refractivity contribution in [2.45, 2.75) is 64.2 Å². The number of carbonyl (C=O) groups is 2. The normalized spacial score (nSPS) is 17.7. The van der Waals surface area contributed by atoms with Crippen LogP contribution in [0.3, 0.4) is 0 Å². The topological polar surface area (TPSA) is 118 Å². The van der Waals surface area contributed by atoms with Crippen molar-refractivity contribution in [1.29, 1.82) is 0 Å². The lowest BCUT2D eigenvalue weighted by atomic mass is 9.86. The third-order valence-corrected chi connectivity index (χ3v) is 8.87. The molecule has 8 nitrogen and oxygen atoms in total. The molecule has 3 aromatic rings. The van der Waals surface area contributed by atoms with Gasteiger partial charge in [0.15, 0.2) is 5.82 Å². The molecule has 1 aliphatic carbocycles.